The number of halogens is 2. The van der Waals surface area contributed by atoms with E-state index >= 15 is 0 Å². The zero-order valence-corrected chi connectivity index (χ0v) is 12.1. The van der Waals surface area contributed by atoms with Gasteiger partial charge in [0.1, 0.15) is 0 Å². The minimum Gasteiger partial charge on any atom is -0.322 e. The molecule has 2 aromatic rings. The third-order valence-electron chi connectivity index (χ3n) is 2.35. The Bertz CT molecular complexity index is 482. The van der Waals surface area contributed by atoms with Crippen LogP contribution in [0, 0.1) is 0 Å². The van der Waals surface area contributed by atoms with Gasteiger partial charge in [-0.1, -0.05) is 0 Å². The van der Waals surface area contributed by atoms with E-state index in [0.717, 1.165) is 20.3 Å². The normalized spacial score (nSPS) is 12.4. The van der Waals surface area contributed by atoms with Crippen LogP contribution in [0.2, 0.25) is 0 Å². The second-order valence-corrected chi connectivity index (χ2v) is 5.51. The first-order valence-electron chi connectivity index (χ1n) is 5.12. The van der Waals surface area contributed by atoms with E-state index in [-0.39, 0.29) is 6.04 Å². The van der Waals surface area contributed by atoms with Gasteiger partial charge in [-0.15, -0.1) is 0 Å². The summed E-state index contributed by atoms with van der Waals surface area (Å²) in [5.74, 6) is 0. The largest absolute Gasteiger partial charge is 0.322 e. The van der Waals surface area contributed by atoms with E-state index in [4.69, 9.17) is 5.73 Å². The van der Waals surface area contributed by atoms with Crippen molar-refractivity contribution in [2.24, 2.45) is 5.73 Å². The van der Waals surface area contributed by atoms with Gasteiger partial charge in [0.2, 0.25) is 0 Å². The molecule has 1 atom stereocenters. The maximum Gasteiger partial charge on any atom is 0.0575 e. The summed E-state index contributed by atoms with van der Waals surface area (Å²) in [6.07, 6.45) is 4.21. The van der Waals surface area contributed by atoms with Crippen LogP contribution < -0.4 is 5.73 Å². The SMILES string of the molecule is NC(Cc1ccc(Br)cn1)c1ccc(Br)cn1. The highest BCUT2D eigenvalue weighted by molar-refractivity contribution is 9.10. The Kier molecular flexibility index (Phi) is 4.25. The highest BCUT2D eigenvalue weighted by atomic mass is 79.9. The molecule has 0 saturated heterocycles. The summed E-state index contributed by atoms with van der Waals surface area (Å²) >= 11 is 6.70. The van der Waals surface area contributed by atoms with E-state index in [2.05, 4.69) is 41.8 Å². The monoisotopic (exact) mass is 355 g/mol. The Morgan fingerprint density at radius 1 is 1.00 bits per heavy atom. The van der Waals surface area contributed by atoms with Crippen LogP contribution in [-0.4, -0.2) is 9.97 Å². The molecule has 3 nitrogen and oxygen atoms in total. The van der Waals surface area contributed by atoms with Gasteiger partial charge in [0.25, 0.3) is 0 Å². The molecule has 2 aromatic heterocycles. The molecule has 2 heterocycles. The third-order valence-corrected chi connectivity index (χ3v) is 3.29. The highest BCUT2D eigenvalue weighted by Crippen LogP contribution is 2.16. The average Bonchev–Trinajstić information content (AvgIpc) is 2.33. The zero-order chi connectivity index (χ0) is 12.3. The minimum atomic E-state index is -0.128. The highest BCUT2D eigenvalue weighted by Gasteiger charge is 2.09. The number of hydrogen-bond donors (Lipinski definition) is 1. The summed E-state index contributed by atoms with van der Waals surface area (Å²) in [6.45, 7) is 0. The summed E-state index contributed by atoms with van der Waals surface area (Å²) in [7, 11) is 0. The molecular weight excluding hydrogens is 346 g/mol. The van der Waals surface area contributed by atoms with Gasteiger partial charge in [0.05, 0.1) is 11.7 Å². The van der Waals surface area contributed by atoms with Gasteiger partial charge in [0.15, 0.2) is 0 Å². The summed E-state index contributed by atoms with van der Waals surface area (Å²) in [5, 5.41) is 0. The van der Waals surface area contributed by atoms with Gasteiger partial charge in [-0.25, -0.2) is 0 Å². The smallest absolute Gasteiger partial charge is 0.0575 e. The summed E-state index contributed by atoms with van der Waals surface area (Å²) in [6, 6.07) is 7.66. The Hall–Kier alpha value is -0.780. The Labute approximate surface area is 117 Å². The standard InChI is InChI=1S/C12H11Br2N3/c13-8-1-3-10(16-6-8)5-11(15)12-4-2-9(14)7-17-12/h1-4,6-7,11H,5,15H2. The van der Waals surface area contributed by atoms with E-state index in [1.165, 1.54) is 0 Å². The maximum absolute atomic E-state index is 6.09. The van der Waals surface area contributed by atoms with Crippen LogP contribution in [0.25, 0.3) is 0 Å². The molecule has 5 heteroatoms. The summed E-state index contributed by atoms with van der Waals surface area (Å²) < 4.78 is 1.92. The lowest BCUT2D eigenvalue weighted by Gasteiger charge is -2.10. The number of hydrogen-bond acceptors (Lipinski definition) is 3. The van der Waals surface area contributed by atoms with Crippen molar-refractivity contribution in [2.45, 2.75) is 12.5 Å². The van der Waals surface area contributed by atoms with Crippen LogP contribution in [0.1, 0.15) is 17.4 Å². The first-order chi connectivity index (χ1) is 8.15. The van der Waals surface area contributed by atoms with Crippen molar-refractivity contribution in [1.29, 1.82) is 0 Å². The lowest BCUT2D eigenvalue weighted by Crippen LogP contribution is -2.15. The van der Waals surface area contributed by atoms with Gasteiger partial charge < -0.3 is 5.73 Å². The quantitative estimate of drug-likeness (QED) is 0.918. The van der Waals surface area contributed by atoms with Crippen LogP contribution in [0.3, 0.4) is 0 Å². The van der Waals surface area contributed by atoms with Crippen molar-refractivity contribution < 1.29 is 0 Å². The second kappa shape index (κ2) is 5.71. The predicted octanol–water partition coefficient (Wildman–Crippen LogP) is 3.24. The van der Waals surface area contributed by atoms with Gasteiger partial charge in [-0.2, -0.15) is 0 Å². The summed E-state index contributed by atoms with van der Waals surface area (Å²) in [4.78, 5) is 8.58. The van der Waals surface area contributed by atoms with Gasteiger partial charge in [-0.05, 0) is 56.1 Å². The second-order valence-electron chi connectivity index (χ2n) is 3.68. The molecule has 0 bridgehead atoms. The average molecular weight is 357 g/mol. The molecule has 0 aliphatic carbocycles. The van der Waals surface area contributed by atoms with Crippen molar-refractivity contribution in [1.82, 2.24) is 9.97 Å². The number of rotatable bonds is 3. The third kappa shape index (κ3) is 3.59. The molecule has 0 saturated carbocycles. The van der Waals surface area contributed by atoms with Crippen LogP contribution in [0.5, 0.6) is 0 Å². The maximum atomic E-state index is 6.09. The minimum absolute atomic E-state index is 0.128. The van der Waals surface area contributed by atoms with E-state index in [9.17, 15) is 0 Å². The van der Waals surface area contributed by atoms with Crippen molar-refractivity contribution in [3.05, 3.63) is 57.0 Å². The van der Waals surface area contributed by atoms with E-state index in [0.29, 0.717) is 6.42 Å². The molecule has 17 heavy (non-hydrogen) atoms. The van der Waals surface area contributed by atoms with Crippen LogP contribution in [0.4, 0.5) is 0 Å². The first kappa shape index (κ1) is 12.7. The summed E-state index contributed by atoms with van der Waals surface area (Å²) in [5.41, 5.74) is 7.92. The molecule has 0 aromatic carbocycles. The fraction of sp³-hybridized carbons (Fsp3) is 0.167. The fourth-order valence-corrected chi connectivity index (χ4v) is 1.93. The fourth-order valence-electron chi connectivity index (χ4n) is 1.46. The molecule has 1 unspecified atom stereocenters. The molecule has 0 fully saturated rings. The molecule has 0 amide bonds. The molecule has 0 spiro atoms. The van der Waals surface area contributed by atoms with Crippen molar-refractivity contribution in [2.75, 3.05) is 0 Å². The molecule has 0 aliphatic rings. The van der Waals surface area contributed by atoms with E-state index < -0.39 is 0 Å². The lowest BCUT2D eigenvalue weighted by molar-refractivity contribution is 0.683. The van der Waals surface area contributed by atoms with Crippen molar-refractivity contribution in [3.8, 4) is 0 Å². The first-order valence-corrected chi connectivity index (χ1v) is 6.71. The number of aromatic nitrogens is 2. The Morgan fingerprint density at radius 3 is 2.18 bits per heavy atom. The molecule has 88 valence electrons. The lowest BCUT2D eigenvalue weighted by atomic mass is 10.1. The van der Waals surface area contributed by atoms with Gasteiger partial charge in [-0.3, -0.25) is 9.97 Å². The van der Waals surface area contributed by atoms with Gasteiger partial charge >= 0.3 is 0 Å². The van der Waals surface area contributed by atoms with Crippen LogP contribution in [-0.2, 0) is 6.42 Å². The molecular formula is C12H11Br2N3. The topological polar surface area (TPSA) is 51.8 Å². The van der Waals surface area contributed by atoms with Crippen molar-refractivity contribution in [3.63, 3.8) is 0 Å². The number of nitrogens with zero attached hydrogens (tertiary/aromatic N) is 2. The van der Waals surface area contributed by atoms with E-state index in [1.807, 2.05) is 24.3 Å². The molecule has 2 rings (SSSR count). The number of pyridine rings is 2. The van der Waals surface area contributed by atoms with E-state index in [1.54, 1.807) is 12.4 Å². The van der Waals surface area contributed by atoms with Crippen LogP contribution in [0.15, 0.2) is 45.6 Å². The molecule has 0 aliphatic heterocycles. The molecule has 2 N–H and O–H groups in total. The Morgan fingerprint density at radius 2 is 1.65 bits per heavy atom. The van der Waals surface area contributed by atoms with Crippen LogP contribution >= 0.6 is 31.9 Å². The molecule has 0 radical (unpaired) electrons. The number of nitrogens with two attached hydrogens (primary N) is 1. The Balaban J connectivity index is 2.08. The van der Waals surface area contributed by atoms with Gasteiger partial charge in [0, 0.05) is 33.5 Å². The van der Waals surface area contributed by atoms with Crippen molar-refractivity contribution >= 4 is 31.9 Å². The zero-order valence-electron chi connectivity index (χ0n) is 8.98. The predicted molar refractivity (Wildman–Crippen MR) is 74.5 cm³/mol.